The Kier molecular flexibility index (Phi) is 12.6. The second-order valence-corrected chi connectivity index (χ2v) is 19.2. The predicted octanol–water partition coefficient (Wildman–Crippen LogP) is 4.10. The number of nitrogens with zero attached hydrogens (tertiary/aromatic N) is 1. The highest BCUT2D eigenvalue weighted by molar-refractivity contribution is 6.82. The summed E-state index contributed by atoms with van der Waals surface area (Å²) in [5, 5.41) is 3.35. The number of rotatable bonds is 10. The van der Waals surface area contributed by atoms with Crippen LogP contribution in [0.4, 0.5) is 5.69 Å². The zero-order valence-corrected chi connectivity index (χ0v) is 21.4. The van der Waals surface area contributed by atoms with Crippen molar-refractivity contribution in [3.8, 4) is 0 Å². The normalized spacial score (nSPS) is 12.1. The summed E-state index contributed by atoms with van der Waals surface area (Å²) in [6.07, 6.45) is 0.955. The van der Waals surface area contributed by atoms with Gasteiger partial charge in [0.05, 0.1) is 8.96 Å². The zero-order valence-electron chi connectivity index (χ0n) is 18.3. The van der Waals surface area contributed by atoms with Crippen LogP contribution in [0.3, 0.4) is 0 Å². The highest BCUT2D eigenvalue weighted by atomic mass is 28.4. The molecule has 26 heavy (non-hydrogen) atoms. The molecule has 0 fully saturated rings. The Bertz CT molecular complexity index is 458. The van der Waals surface area contributed by atoms with Gasteiger partial charge in [0.15, 0.2) is 0 Å². The van der Waals surface area contributed by atoms with Crippen LogP contribution < -0.4 is 5.32 Å². The molecule has 0 aliphatic heterocycles. The Morgan fingerprint density at radius 2 is 1.46 bits per heavy atom. The van der Waals surface area contributed by atoms with Gasteiger partial charge in [0, 0.05) is 39.6 Å². The largest absolute Gasteiger partial charge is 0.500 e. The number of nitrogens with one attached hydrogen (secondary N) is 1. The maximum atomic E-state index is 5.36. The molecule has 0 radical (unpaired) electrons. The summed E-state index contributed by atoms with van der Waals surface area (Å²) in [5.74, 6) is 0. The number of benzene rings is 1. The SMILES string of the molecule is CN([SiH](C)C)[Si](C)(C)C.CO[Si](CCCNc1ccccc1)(OC)OC. The van der Waals surface area contributed by atoms with E-state index >= 15 is 0 Å². The Morgan fingerprint density at radius 3 is 1.81 bits per heavy atom. The van der Waals surface area contributed by atoms with E-state index in [1.807, 2.05) is 30.3 Å². The average Bonchev–Trinajstić information content (AvgIpc) is 2.62. The first kappa shape index (κ1) is 25.5. The zero-order chi connectivity index (χ0) is 20.2. The highest BCUT2D eigenvalue weighted by Crippen LogP contribution is 2.15. The van der Waals surface area contributed by atoms with E-state index in [1.165, 1.54) is 0 Å². The summed E-state index contributed by atoms with van der Waals surface area (Å²) in [7, 11) is 3.39. The average molecular weight is 417 g/mol. The van der Waals surface area contributed by atoms with Crippen molar-refractivity contribution in [2.24, 2.45) is 0 Å². The molecule has 0 unspecified atom stereocenters. The van der Waals surface area contributed by atoms with Crippen molar-refractivity contribution in [3.05, 3.63) is 30.3 Å². The van der Waals surface area contributed by atoms with Crippen LogP contribution in [0.25, 0.3) is 0 Å². The van der Waals surface area contributed by atoms with E-state index < -0.39 is 26.0 Å². The molecule has 0 spiro atoms. The molecule has 1 aromatic rings. The van der Waals surface area contributed by atoms with Crippen LogP contribution in [0.1, 0.15) is 6.42 Å². The van der Waals surface area contributed by atoms with E-state index in [9.17, 15) is 0 Å². The second kappa shape index (κ2) is 12.8. The van der Waals surface area contributed by atoms with Gasteiger partial charge in [-0.3, -0.25) is 0 Å². The molecule has 1 aromatic carbocycles. The quantitative estimate of drug-likeness (QED) is 0.459. The summed E-state index contributed by atoms with van der Waals surface area (Å²) in [4.78, 5) is 0. The molecule has 1 N–H and O–H groups in total. The van der Waals surface area contributed by atoms with Crippen molar-refractivity contribution >= 4 is 31.7 Å². The lowest BCUT2D eigenvalue weighted by Gasteiger charge is -2.33. The van der Waals surface area contributed by atoms with E-state index in [0.29, 0.717) is 0 Å². The van der Waals surface area contributed by atoms with Crippen LogP contribution in [-0.4, -0.2) is 65.2 Å². The molecular formula is C18H40N2O3Si3. The first-order chi connectivity index (χ1) is 12.1. The van der Waals surface area contributed by atoms with Gasteiger partial charge in [-0.15, -0.1) is 0 Å². The first-order valence-corrected chi connectivity index (χ1v) is 17.5. The molecule has 0 heterocycles. The third-order valence-electron chi connectivity index (χ3n) is 4.53. The van der Waals surface area contributed by atoms with Crippen molar-refractivity contribution in [2.45, 2.75) is 45.2 Å². The molecule has 0 aromatic heterocycles. The van der Waals surface area contributed by atoms with E-state index in [1.54, 1.807) is 21.3 Å². The Hall–Kier alpha value is -0.489. The fourth-order valence-corrected chi connectivity index (χ4v) is 10.3. The van der Waals surface area contributed by atoms with E-state index in [-0.39, 0.29) is 0 Å². The number of hydrogen-bond donors (Lipinski definition) is 1. The number of para-hydroxylation sites is 1. The lowest BCUT2D eigenvalue weighted by atomic mass is 10.3. The summed E-state index contributed by atoms with van der Waals surface area (Å²) < 4.78 is 18.7. The fourth-order valence-electron chi connectivity index (χ4n) is 2.42. The maximum absolute atomic E-state index is 5.36. The lowest BCUT2D eigenvalue weighted by molar-refractivity contribution is 0.123. The number of hydrogen-bond acceptors (Lipinski definition) is 5. The monoisotopic (exact) mass is 416 g/mol. The molecule has 0 aliphatic carbocycles. The van der Waals surface area contributed by atoms with Gasteiger partial charge in [-0.25, -0.2) is 0 Å². The molecule has 0 saturated carbocycles. The molecular weight excluding hydrogens is 376 g/mol. The van der Waals surface area contributed by atoms with Gasteiger partial charge in [0.25, 0.3) is 0 Å². The molecule has 0 bridgehead atoms. The lowest BCUT2D eigenvalue weighted by Crippen LogP contribution is -2.49. The van der Waals surface area contributed by atoms with Crippen molar-refractivity contribution in [3.63, 3.8) is 0 Å². The van der Waals surface area contributed by atoms with Crippen LogP contribution in [0, 0.1) is 0 Å². The maximum Gasteiger partial charge on any atom is 0.500 e. The van der Waals surface area contributed by atoms with Gasteiger partial charge in [0.2, 0.25) is 0 Å². The van der Waals surface area contributed by atoms with Gasteiger partial charge >= 0.3 is 8.80 Å². The molecule has 0 saturated heterocycles. The smallest absolute Gasteiger partial charge is 0.385 e. The van der Waals surface area contributed by atoms with Crippen molar-refractivity contribution in [1.82, 2.24) is 4.23 Å². The summed E-state index contributed by atoms with van der Waals surface area (Å²) in [6, 6.07) is 10.9. The molecule has 5 nitrogen and oxygen atoms in total. The summed E-state index contributed by atoms with van der Waals surface area (Å²) >= 11 is 0. The standard InChI is InChI=1S/C12H21NO3Si.C6H19NSi2/c1-14-17(15-2,16-3)11-7-10-13-12-8-5-4-6-9-12;1-7(8(2)3)9(4,5)6/h4-6,8-9,13H,7,10-11H2,1-3H3;8H,1-6H3. The first-order valence-electron chi connectivity index (χ1n) is 9.29. The van der Waals surface area contributed by atoms with E-state index in [0.717, 1.165) is 24.7 Å². The van der Waals surface area contributed by atoms with Crippen LogP contribution in [0.15, 0.2) is 30.3 Å². The summed E-state index contributed by atoms with van der Waals surface area (Å²) in [6.45, 7) is 12.9. The Morgan fingerprint density at radius 1 is 0.962 bits per heavy atom. The highest BCUT2D eigenvalue weighted by Gasteiger charge is 2.36. The molecule has 152 valence electrons. The molecule has 1 rings (SSSR count). The van der Waals surface area contributed by atoms with E-state index in [4.69, 9.17) is 13.3 Å². The minimum absolute atomic E-state index is 0.495. The summed E-state index contributed by atoms with van der Waals surface area (Å²) in [5.41, 5.74) is 1.13. The Labute approximate surface area is 165 Å². The van der Waals surface area contributed by atoms with Crippen LogP contribution in [0.2, 0.25) is 38.8 Å². The fraction of sp³-hybridized carbons (Fsp3) is 0.667. The van der Waals surface area contributed by atoms with Gasteiger partial charge in [0.1, 0.15) is 8.24 Å². The minimum atomic E-state index is -2.40. The third-order valence-corrected chi connectivity index (χ3v) is 14.9. The van der Waals surface area contributed by atoms with Crippen molar-refractivity contribution in [2.75, 3.05) is 40.2 Å². The second-order valence-electron chi connectivity index (χ2n) is 7.57. The molecule has 0 aliphatic rings. The van der Waals surface area contributed by atoms with Crippen molar-refractivity contribution in [1.29, 1.82) is 0 Å². The van der Waals surface area contributed by atoms with Gasteiger partial charge < -0.3 is 22.8 Å². The van der Waals surface area contributed by atoms with Crippen molar-refractivity contribution < 1.29 is 13.3 Å². The van der Waals surface area contributed by atoms with Crippen LogP contribution >= 0.6 is 0 Å². The minimum Gasteiger partial charge on any atom is -0.385 e. The molecule has 0 atom stereocenters. The van der Waals surface area contributed by atoms with Crippen LogP contribution in [-0.2, 0) is 13.3 Å². The molecule has 0 amide bonds. The van der Waals surface area contributed by atoms with E-state index in [2.05, 4.69) is 49.3 Å². The van der Waals surface area contributed by atoms with Gasteiger partial charge in [-0.2, -0.15) is 0 Å². The van der Waals surface area contributed by atoms with Gasteiger partial charge in [-0.05, 0) is 25.6 Å². The van der Waals surface area contributed by atoms with Gasteiger partial charge in [-0.1, -0.05) is 50.9 Å². The third kappa shape index (κ3) is 10.0. The molecule has 8 heteroatoms. The predicted molar refractivity (Wildman–Crippen MR) is 121 cm³/mol. The Balaban J connectivity index is 0.000000590. The van der Waals surface area contributed by atoms with Crippen LogP contribution in [0.5, 0.6) is 0 Å². The topological polar surface area (TPSA) is 43.0 Å². The number of anilines is 1.